The van der Waals surface area contributed by atoms with Crippen LogP contribution in [0, 0.1) is 5.92 Å². The highest BCUT2D eigenvalue weighted by Gasteiger charge is 2.29. The summed E-state index contributed by atoms with van der Waals surface area (Å²) in [7, 11) is -3.47. The predicted molar refractivity (Wildman–Crippen MR) is 112 cm³/mol. The first-order valence-electron chi connectivity index (χ1n) is 10.2. The maximum absolute atomic E-state index is 12.7. The third kappa shape index (κ3) is 6.15. The van der Waals surface area contributed by atoms with Crippen LogP contribution < -0.4 is 0 Å². The molecule has 28 heavy (non-hydrogen) atoms. The van der Waals surface area contributed by atoms with Crippen LogP contribution in [-0.4, -0.2) is 74.2 Å². The van der Waals surface area contributed by atoms with Gasteiger partial charge in [-0.25, -0.2) is 8.42 Å². The molecule has 1 aromatic carbocycles. The molecule has 1 heterocycles. The van der Waals surface area contributed by atoms with Gasteiger partial charge in [-0.05, 0) is 43.4 Å². The van der Waals surface area contributed by atoms with Crippen LogP contribution in [0.5, 0.6) is 0 Å². The van der Waals surface area contributed by atoms with Gasteiger partial charge in [0.05, 0.1) is 6.54 Å². The number of rotatable bonds is 9. The molecule has 1 amide bonds. The van der Waals surface area contributed by atoms with Gasteiger partial charge in [0.25, 0.3) is 0 Å². The van der Waals surface area contributed by atoms with Gasteiger partial charge in [-0.2, -0.15) is 4.31 Å². The summed E-state index contributed by atoms with van der Waals surface area (Å²) in [6.07, 6.45) is 5.22. The zero-order chi connectivity index (χ0) is 20.0. The molecule has 0 N–H and O–H groups in total. The molecule has 2 aliphatic rings. The number of benzene rings is 1. The number of hydrogen-bond acceptors (Lipinski definition) is 4. The molecule has 1 aliphatic carbocycles. The number of amides is 1. The molecule has 0 atom stereocenters. The molecular weight excluding hydrogens is 374 g/mol. The average Bonchev–Trinajstić information content (AvgIpc) is 3.51. The van der Waals surface area contributed by atoms with Crippen molar-refractivity contribution in [3.63, 3.8) is 0 Å². The Morgan fingerprint density at radius 1 is 1.14 bits per heavy atom. The van der Waals surface area contributed by atoms with Crippen molar-refractivity contribution in [2.45, 2.75) is 26.2 Å². The first-order chi connectivity index (χ1) is 13.5. The smallest absolute Gasteiger partial charge is 0.236 e. The molecule has 1 aromatic rings. The molecule has 0 bridgehead atoms. The summed E-state index contributed by atoms with van der Waals surface area (Å²) in [5, 5.41) is 1.26. The van der Waals surface area contributed by atoms with E-state index in [1.54, 1.807) is 6.08 Å². The molecule has 1 saturated heterocycles. The summed E-state index contributed by atoms with van der Waals surface area (Å²) in [6, 6.07) is 9.39. The van der Waals surface area contributed by atoms with Gasteiger partial charge in [-0.15, -0.1) is 0 Å². The van der Waals surface area contributed by atoms with Gasteiger partial charge in [-0.1, -0.05) is 37.3 Å². The summed E-state index contributed by atoms with van der Waals surface area (Å²) in [6.45, 7) is 6.16. The quantitative estimate of drug-likeness (QED) is 0.632. The summed E-state index contributed by atoms with van der Waals surface area (Å²) >= 11 is 0. The number of carbonyl (C=O) groups is 1. The Balaban J connectivity index is 1.50. The summed E-state index contributed by atoms with van der Waals surface area (Å²) in [5.74, 6) is 0.878. The van der Waals surface area contributed by atoms with Crippen molar-refractivity contribution in [2.24, 2.45) is 5.92 Å². The minimum Gasteiger partial charge on any atom is -0.339 e. The van der Waals surface area contributed by atoms with Gasteiger partial charge >= 0.3 is 0 Å². The molecule has 2 fully saturated rings. The van der Waals surface area contributed by atoms with Crippen LogP contribution in [0.3, 0.4) is 0 Å². The van der Waals surface area contributed by atoms with Crippen molar-refractivity contribution in [2.75, 3.05) is 45.8 Å². The SMILES string of the molecule is CCCN(CC(=O)N1CCN(S(=O)(=O)/C=C/c2ccccc2)CC1)CC1CC1. The lowest BCUT2D eigenvalue weighted by Gasteiger charge is -2.34. The minimum absolute atomic E-state index is 0.117. The van der Waals surface area contributed by atoms with Crippen LogP contribution in [-0.2, 0) is 14.8 Å². The predicted octanol–water partition coefficient (Wildman–Crippen LogP) is 2.25. The van der Waals surface area contributed by atoms with Crippen LogP contribution in [0.1, 0.15) is 31.7 Å². The molecule has 0 unspecified atom stereocenters. The summed E-state index contributed by atoms with van der Waals surface area (Å²) in [4.78, 5) is 16.7. The van der Waals surface area contributed by atoms with Crippen molar-refractivity contribution in [1.82, 2.24) is 14.1 Å². The van der Waals surface area contributed by atoms with Gasteiger partial charge in [0, 0.05) is 38.1 Å². The zero-order valence-electron chi connectivity index (χ0n) is 16.7. The maximum Gasteiger partial charge on any atom is 0.236 e. The molecule has 7 heteroatoms. The molecule has 0 aromatic heterocycles. The van der Waals surface area contributed by atoms with E-state index in [4.69, 9.17) is 0 Å². The molecule has 154 valence electrons. The van der Waals surface area contributed by atoms with Crippen molar-refractivity contribution in [3.8, 4) is 0 Å². The van der Waals surface area contributed by atoms with E-state index in [0.717, 1.165) is 31.0 Å². The largest absolute Gasteiger partial charge is 0.339 e. The standard InChI is InChI=1S/C21H31N3O3S/c1-2-11-22(17-20-8-9-20)18-21(25)23-12-14-24(15-13-23)28(26,27)16-10-19-6-4-3-5-7-19/h3-7,10,16,20H,2,8-9,11-15,17-18H2,1H3/b16-10+. The fraction of sp³-hybridized carbons (Fsp3) is 0.571. The van der Waals surface area contributed by atoms with Crippen LogP contribution in [0.2, 0.25) is 0 Å². The third-order valence-corrected chi connectivity index (χ3v) is 6.86. The van der Waals surface area contributed by atoms with E-state index in [0.29, 0.717) is 32.7 Å². The first-order valence-corrected chi connectivity index (χ1v) is 11.7. The van der Waals surface area contributed by atoms with E-state index >= 15 is 0 Å². The highest BCUT2D eigenvalue weighted by atomic mass is 32.2. The fourth-order valence-corrected chi connectivity index (χ4v) is 4.69. The van der Waals surface area contributed by atoms with Crippen LogP contribution in [0.15, 0.2) is 35.7 Å². The average molecular weight is 406 g/mol. The van der Waals surface area contributed by atoms with Crippen molar-refractivity contribution in [1.29, 1.82) is 0 Å². The Labute approximate surface area is 168 Å². The van der Waals surface area contributed by atoms with E-state index in [-0.39, 0.29) is 5.91 Å². The molecule has 0 spiro atoms. The third-order valence-electron chi connectivity index (χ3n) is 5.30. The van der Waals surface area contributed by atoms with E-state index in [1.165, 1.54) is 22.6 Å². The van der Waals surface area contributed by atoms with E-state index < -0.39 is 10.0 Å². The van der Waals surface area contributed by atoms with E-state index in [1.807, 2.05) is 35.2 Å². The van der Waals surface area contributed by atoms with Crippen molar-refractivity contribution >= 4 is 22.0 Å². The molecule has 1 saturated carbocycles. The van der Waals surface area contributed by atoms with E-state index in [9.17, 15) is 13.2 Å². The van der Waals surface area contributed by atoms with Crippen LogP contribution >= 0.6 is 0 Å². The van der Waals surface area contributed by atoms with Gasteiger partial charge in [0.1, 0.15) is 0 Å². The number of carbonyl (C=O) groups excluding carboxylic acids is 1. The summed E-state index contributed by atoms with van der Waals surface area (Å²) in [5.41, 5.74) is 0.853. The normalized spacial score (nSPS) is 18.9. The molecule has 6 nitrogen and oxygen atoms in total. The monoisotopic (exact) mass is 405 g/mol. The molecule has 1 aliphatic heterocycles. The Bertz CT molecular complexity index is 767. The van der Waals surface area contributed by atoms with E-state index in [2.05, 4.69) is 11.8 Å². The Kier molecular flexibility index (Phi) is 7.26. The maximum atomic E-state index is 12.7. The Hall–Kier alpha value is -1.70. The Morgan fingerprint density at radius 3 is 2.43 bits per heavy atom. The second kappa shape index (κ2) is 9.67. The van der Waals surface area contributed by atoms with Gasteiger partial charge in [0.2, 0.25) is 15.9 Å². The lowest BCUT2D eigenvalue weighted by molar-refractivity contribution is -0.133. The van der Waals surface area contributed by atoms with Gasteiger partial charge in [-0.3, -0.25) is 9.69 Å². The summed E-state index contributed by atoms with van der Waals surface area (Å²) < 4.78 is 26.6. The fourth-order valence-electron chi connectivity index (χ4n) is 3.51. The van der Waals surface area contributed by atoms with Gasteiger partial charge in [0.15, 0.2) is 0 Å². The first kappa shape index (κ1) is 21.0. The number of piperazine rings is 1. The highest BCUT2D eigenvalue weighted by Crippen LogP contribution is 2.29. The lowest BCUT2D eigenvalue weighted by Crippen LogP contribution is -2.52. The second-order valence-corrected chi connectivity index (χ2v) is 9.54. The topological polar surface area (TPSA) is 60.9 Å². The number of hydrogen-bond donors (Lipinski definition) is 0. The van der Waals surface area contributed by atoms with Crippen molar-refractivity contribution < 1.29 is 13.2 Å². The lowest BCUT2D eigenvalue weighted by atomic mass is 10.2. The molecular formula is C21H31N3O3S. The number of sulfonamides is 1. The minimum atomic E-state index is -3.47. The number of nitrogens with zero attached hydrogens (tertiary/aromatic N) is 3. The highest BCUT2D eigenvalue weighted by molar-refractivity contribution is 7.92. The second-order valence-electron chi connectivity index (χ2n) is 7.72. The van der Waals surface area contributed by atoms with Gasteiger partial charge < -0.3 is 4.90 Å². The molecule has 3 rings (SSSR count). The Morgan fingerprint density at radius 2 is 1.82 bits per heavy atom. The van der Waals surface area contributed by atoms with Crippen LogP contribution in [0.25, 0.3) is 6.08 Å². The zero-order valence-corrected chi connectivity index (χ0v) is 17.5. The van der Waals surface area contributed by atoms with Crippen molar-refractivity contribution in [3.05, 3.63) is 41.3 Å². The molecule has 0 radical (unpaired) electrons. The van der Waals surface area contributed by atoms with Crippen LogP contribution in [0.4, 0.5) is 0 Å².